The van der Waals surface area contributed by atoms with E-state index in [0.717, 1.165) is 19.0 Å². The third-order valence-electron chi connectivity index (χ3n) is 4.67. The van der Waals surface area contributed by atoms with Crippen LogP contribution in [0.4, 0.5) is 0 Å². The molecule has 0 amide bonds. The van der Waals surface area contributed by atoms with E-state index in [0.29, 0.717) is 5.75 Å². The van der Waals surface area contributed by atoms with Crippen molar-refractivity contribution in [1.82, 2.24) is 18.7 Å². The molecule has 7 nitrogen and oxygen atoms in total. The Hall–Kier alpha value is -2.17. The molecule has 0 aliphatic heterocycles. The van der Waals surface area contributed by atoms with E-state index in [-0.39, 0.29) is 23.7 Å². The Morgan fingerprint density at radius 2 is 1.60 bits per heavy atom. The second-order valence-electron chi connectivity index (χ2n) is 6.66. The van der Waals surface area contributed by atoms with Gasteiger partial charge in [-0.1, -0.05) is 44.0 Å². The van der Waals surface area contributed by atoms with Gasteiger partial charge in [-0.2, -0.15) is 4.98 Å². The smallest absolute Gasteiger partial charge is 0.332 e. The first-order chi connectivity index (χ1) is 14.3. The van der Waals surface area contributed by atoms with E-state index in [1.165, 1.54) is 9.13 Å². The van der Waals surface area contributed by atoms with Crippen molar-refractivity contribution in [3.63, 3.8) is 0 Å². The molecule has 0 saturated heterocycles. The highest BCUT2D eigenvalue weighted by atomic mass is 79.9. The van der Waals surface area contributed by atoms with Crippen molar-refractivity contribution in [1.29, 1.82) is 0 Å². The number of hydrogen-bond donors (Lipinski definition) is 0. The molecule has 4 aromatic rings. The maximum absolute atomic E-state index is 13.2. The van der Waals surface area contributed by atoms with Crippen LogP contribution in [-0.2, 0) is 20.6 Å². The van der Waals surface area contributed by atoms with Crippen LogP contribution in [0.15, 0.2) is 65.5 Å². The molecular formula is C20H15Br3N4O3. The fourth-order valence-electron chi connectivity index (χ4n) is 3.08. The Bertz CT molecular complexity index is 1390. The van der Waals surface area contributed by atoms with Crippen molar-refractivity contribution in [3.05, 3.63) is 82.3 Å². The van der Waals surface area contributed by atoms with Gasteiger partial charge in [-0.3, -0.25) is 18.5 Å². The Balaban J connectivity index is 1.83. The highest BCUT2D eigenvalue weighted by molar-refractivity contribution is 9.11. The van der Waals surface area contributed by atoms with Gasteiger partial charge in [0.1, 0.15) is 5.75 Å². The number of aryl methyl sites for hydroxylation is 2. The molecule has 0 fully saturated rings. The summed E-state index contributed by atoms with van der Waals surface area (Å²) in [6.45, 7) is 0.161. The summed E-state index contributed by atoms with van der Waals surface area (Å²) in [6.07, 6.45) is 0. The molecule has 0 saturated carbocycles. The lowest BCUT2D eigenvalue weighted by molar-refractivity contribution is 0.425. The lowest BCUT2D eigenvalue weighted by Gasteiger charge is -2.09. The van der Waals surface area contributed by atoms with Gasteiger partial charge in [0.2, 0.25) is 0 Å². The fraction of sp³-hybridized carbons (Fsp3) is 0.150. The first-order valence-electron chi connectivity index (χ1n) is 8.80. The molecule has 2 aromatic carbocycles. The summed E-state index contributed by atoms with van der Waals surface area (Å²) >= 11 is 10.2. The first kappa shape index (κ1) is 21.1. The summed E-state index contributed by atoms with van der Waals surface area (Å²) in [5, 5.41) is 0. The van der Waals surface area contributed by atoms with Crippen LogP contribution in [0, 0.1) is 0 Å². The molecule has 0 aliphatic rings. The molecule has 0 unspecified atom stereocenters. The zero-order valence-corrected chi connectivity index (χ0v) is 20.7. The number of rotatable bonds is 4. The maximum Gasteiger partial charge on any atom is 0.332 e. The van der Waals surface area contributed by atoms with Gasteiger partial charge in [0.15, 0.2) is 11.2 Å². The second-order valence-corrected chi connectivity index (χ2v) is 9.35. The summed E-state index contributed by atoms with van der Waals surface area (Å²) in [7, 11) is 3.28. The van der Waals surface area contributed by atoms with Gasteiger partial charge < -0.3 is 4.74 Å². The van der Waals surface area contributed by atoms with Crippen molar-refractivity contribution in [2.75, 3.05) is 0 Å². The van der Waals surface area contributed by atoms with E-state index < -0.39 is 11.2 Å². The highest BCUT2D eigenvalue weighted by Gasteiger charge is 2.20. The molecule has 0 N–H and O–H groups in total. The van der Waals surface area contributed by atoms with Gasteiger partial charge in [0, 0.05) is 23.0 Å². The number of fused-ring (bicyclic) bond motifs is 1. The van der Waals surface area contributed by atoms with Gasteiger partial charge in [0.25, 0.3) is 5.56 Å². The molecule has 0 atom stereocenters. The lowest BCUT2D eigenvalue weighted by atomic mass is 10.2. The molecular weight excluding hydrogens is 584 g/mol. The molecule has 0 spiro atoms. The summed E-state index contributed by atoms with van der Waals surface area (Å²) in [5.41, 5.74) is 0.537. The van der Waals surface area contributed by atoms with Crippen molar-refractivity contribution < 1.29 is 4.74 Å². The second kappa shape index (κ2) is 8.16. The van der Waals surface area contributed by atoms with Crippen LogP contribution in [0.2, 0.25) is 0 Å². The molecule has 0 radical (unpaired) electrons. The first-order valence-corrected chi connectivity index (χ1v) is 11.2. The molecule has 0 aliphatic carbocycles. The predicted molar refractivity (Wildman–Crippen MR) is 125 cm³/mol. The third kappa shape index (κ3) is 3.79. The predicted octanol–water partition coefficient (Wildman–Crippen LogP) is 4.56. The standard InChI is InChI=1S/C20H15Br3N4O3/c1-25-16-17(24-19(25)30-15-8-7-13(22)9-14(15)23)26(2)20(29)27(18(16)28)10-11-3-5-12(21)6-4-11/h3-9H,10H2,1-2H3. The van der Waals surface area contributed by atoms with Crippen LogP contribution in [0.25, 0.3) is 11.2 Å². The van der Waals surface area contributed by atoms with E-state index in [2.05, 4.69) is 52.8 Å². The molecule has 10 heteroatoms. The zero-order chi connectivity index (χ0) is 21.6. The largest absolute Gasteiger partial charge is 0.424 e. The maximum atomic E-state index is 13.2. The number of imidazole rings is 1. The van der Waals surface area contributed by atoms with E-state index in [4.69, 9.17) is 4.74 Å². The van der Waals surface area contributed by atoms with Gasteiger partial charge >= 0.3 is 11.7 Å². The monoisotopic (exact) mass is 596 g/mol. The van der Waals surface area contributed by atoms with Crippen molar-refractivity contribution in [2.45, 2.75) is 6.54 Å². The topological polar surface area (TPSA) is 71.1 Å². The Morgan fingerprint density at radius 3 is 2.27 bits per heavy atom. The molecule has 0 bridgehead atoms. The summed E-state index contributed by atoms with van der Waals surface area (Å²) in [4.78, 5) is 30.4. The average molecular weight is 599 g/mol. The minimum atomic E-state index is -0.440. The summed E-state index contributed by atoms with van der Waals surface area (Å²) in [5.74, 6) is 0.539. The van der Waals surface area contributed by atoms with Gasteiger partial charge in [-0.25, -0.2) is 4.79 Å². The minimum absolute atomic E-state index is 0.161. The number of halogens is 3. The van der Waals surface area contributed by atoms with E-state index >= 15 is 0 Å². The van der Waals surface area contributed by atoms with Crippen LogP contribution >= 0.6 is 47.8 Å². The summed E-state index contributed by atoms with van der Waals surface area (Å²) < 4.78 is 12.6. The van der Waals surface area contributed by atoms with Gasteiger partial charge in [-0.05, 0) is 51.8 Å². The molecule has 30 heavy (non-hydrogen) atoms. The molecule has 154 valence electrons. The number of ether oxygens (including phenoxy) is 1. The van der Waals surface area contributed by atoms with Crippen LogP contribution in [0.5, 0.6) is 11.8 Å². The quantitative estimate of drug-likeness (QED) is 0.345. The van der Waals surface area contributed by atoms with Crippen LogP contribution in [0.1, 0.15) is 5.56 Å². The Morgan fingerprint density at radius 1 is 0.933 bits per heavy atom. The fourth-order valence-corrected chi connectivity index (χ4v) is 4.48. The SMILES string of the molecule is Cn1c(Oc2ccc(Br)cc2Br)nc2c1c(=O)n(Cc1ccc(Br)cc1)c(=O)n2C. The number of nitrogens with zero attached hydrogens (tertiary/aromatic N) is 4. The van der Waals surface area contributed by atoms with Crippen LogP contribution in [-0.4, -0.2) is 18.7 Å². The van der Waals surface area contributed by atoms with Crippen LogP contribution < -0.4 is 16.0 Å². The van der Waals surface area contributed by atoms with Crippen LogP contribution in [0.3, 0.4) is 0 Å². The van der Waals surface area contributed by atoms with Crippen molar-refractivity contribution >= 4 is 59.0 Å². The highest BCUT2D eigenvalue weighted by Crippen LogP contribution is 2.32. The number of benzene rings is 2. The third-order valence-corrected chi connectivity index (χ3v) is 6.31. The van der Waals surface area contributed by atoms with E-state index in [1.807, 2.05) is 36.4 Å². The normalized spacial score (nSPS) is 11.2. The average Bonchev–Trinajstić information content (AvgIpc) is 3.03. The molecule has 4 rings (SSSR count). The van der Waals surface area contributed by atoms with Gasteiger partial charge in [-0.15, -0.1) is 0 Å². The van der Waals surface area contributed by atoms with Crippen molar-refractivity contribution in [2.24, 2.45) is 14.1 Å². The van der Waals surface area contributed by atoms with E-state index in [1.54, 1.807) is 24.7 Å². The number of hydrogen-bond acceptors (Lipinski definition) is 4. The lowest BCUT2D eigenvalue weighted by Crippen LogP contribution is -2.39. The van der Waals surface area contributed by atoms with Gasteiger partial charge in [0.05, 0.1) is 11.0 Å². The Labute approximate surface area is 196 Å². The number of aromatic nitrogens is 4. The summed E-state index contributed by atoms with van der Waals surface area (Å²) in [6, 6.07) is 13.1. The zero-order valence-electron chi connectivity index (χ0n) is 15.9. The minimum Gasteiger partial charge on any atom is -0.424 e. The molecule has 2 heterocycles. The molecule has 2 aromatic heterocycles. The Kier molecular flexibility index (Phi) is 5.73. The van der Waals surface area contributed by atoms with E-state index in [9.17, 15) is 9.59 Å². The van der Waals surface area contributed by atoms with Crippen molar-refractivity contribution in [3.8, 4) is 11.8 Å².